The molecule has 0 saturated carbocycles. The van der Waals surface area contributed by atoms with Crippen molar-refractivity contribution in [1.29, 1.82) is 0 Å². The number of morpholine rings is 1. The number of nitrogens with one attached hydrogen (secondary N) is 1. The topological polar surface area (TPSA) is 49.8 Å². The third-order valence-electron chi connectivity index (χ3n) is 4.68. The molecule has 27 heavy (non-hydrogen) atoms. The number of nitrogens with zero attached hydrogens (tertiary/aromatic N) is 3. The second-order valence-corrected chi connectivity index (χ2v) is 6.92. The SMILES string of the molecule is CN=C(NCCc1ccc(C)nc1)N1CC(C)OC(c2ccc(F)cc2)C1. The summed E-state index contributed by atoms with van der Waals surface area (Å²) < 4.78 is 19.3. The van der Waals surface area contributed by atoms with E-state index >= 15 is 0 Å². The lowest BCUT2D eigenvalue weighted by molar-refractivity contribution is -0.0604. The van der Waals surface area contributed by atoms with Crippen LogP contribution in [-0.4, -0.2) is 48.6 Å². The second kappa shape index (κ2) is 8.95. The van der Waals surface area contributed by atoms with Crippen LogP contribution in [0.4, 0.5) is 4.39 Å². The summed E-state index contributed by atoms with van der Waals surface area (Å²) in [6.07, 6.45) is 2.76. The predicted octanol–water partition coefficient (Wildman–Crippen LogP) is 3.11. The second-order valence-electron chi connectivity index (χ2n) is 6.92. The van der Waals surface area contributed by atoms with Crippen LogP contribution in [0.2, 0.25) is 0 Å². The Hall–Kier alpha value is -2.47. The van der Waals surface area contributed by atoms with E-state index in [1.165, 1.54) is 17.7 Å². The number of hydrogen-bond donors (Lipinski definition) is 1. The molecule has 0 bridgehead atoms. The molecule has 6 heteroatoms. The molecule has 2 heterocycles. The van der Waals surface area contributed by atoms with E-state index in [2.05, 4.69) is 26.3 Å². The minimum atomic E-state index is -0.234. The predicted molar refractivity (Wildman–Crippen MR) is 105 cm³/mol. The molecule has 2 atom stereocenters. The Bertz CT molecular complexity index is 761. The van der Waals surface area contributed by atoms with Crippen LogP contribution in [-0.2, 0) is 11.2 Å². The Balaban J connectivity index is 1.60. The van der Waals surface area contributed by atoms with Gasteiger partial charge in [0.15, 0.2) is 5.96 Å². The highest BCUT2D eigenvalue weighted by atomic mass is 19.1. The number of ether oxygens (including phenoxy) is 1. The zero-order valence-electron chi connectivity index (χ0n) is 16.2. The van der Waals surface area contributed by atoms with Gasteiger partial charge in [0.05, 0.1) is 12.6 Å². The minimum absolute atomic E-state index is 0.0636. The van der Waals surface area contributed by atoms with Gasteiger partial charge >= 0.3 is 0 Å². The molecule has 1 N–H and O–H groups in total. The van der Waals surface area contributed by atoms with Crippen molar-refractivity contribution in [2.45, 2.75) is 32.5 Å². The summed E-state index contributed by atoms with van der Waals surface area (Å²) >= 11 is 0. The van der Waals surface area contributed by atoms with Crippen LogP contribution < -0.4 is 5.32 Å². The van der Waals surface area contributed by atoms with Gasteiger partial charge in [-0.2, -0.15) is 0 Å². The highest BCUT2D eigenvalue weighted by molar-refractivity contribution is 5.80. The van der Waals surface area contributed by atoms with Crippen LogP contribution in [0.5, 0.6) is 0 Å². The van der Waals surface area contributed by atoms with Crippen molar-refractivity contribution in [3.8, 4) is 0 Å². The largest absolute Gasteiger partial charge is 0.367 e. The molecule has 1 saturated heterocycles. The zero-order chi connectivity index (χ0) is 19.2. The lowest BCUT2D eigenvalue weighted by atomic mass is 10.1. The van der Waals surface area contributed by atoms with Crippen molar-refractivity contribution in [3.63, 3.8) is 0 Å². The van der Waals surface area contributed by atoms with Crippen LogP contribution in [0.15, 0.2) is 47.6 Å². The molecular formula is C21H27FN4O. The van der Waals surface area contributed by atoms with E-state index in [1.54, 1.807) is 19.2 Å². The number of halogens is 1. The van der Waals surface area contributed by atoms with Crippen LogP contribution in [0.25, 0.3) is 0 Å². The maximum Gasteiger partial charge on any atom is 0.193 e. The average Bonchev–Trinajstić information content (AvgIpc) is 2.67. The van der Waals surface area contributed by atoms with Gasteiger partial charge in [-0.1, -0.05) is 18.2 Å². The molecule has 1 fully saturated rings. The number of hydrogen-bond acceptors (Lipinski definition) is 3. The monoisotopic (exact) mass is 370 g/mol. The third kappa shape index (κ3) is 5.26. The Morgan fingerprint density at radius 3 is 2.70 bits per heavy atom. The Morgan fingerprint density at radius 2 is 2.04 bits per heavy atom. The lowest BCUT2D eigenvalue weighted by Crippen LogP contribution is -2.51. The smallest absolute Gasteiger partial charge is 0.193 e. The Labute approximate surface area is 160 Å². The van der Waals surface area contributed by atoms with Crippen molar-refractivity contribution in [1.82, 2.24) is 15.2 Å². The van der Waals surface area contributed by atoms with Crippen molar-refractivity contribution in [3.05, 3.63) is 65.2 Å². The Morgan fingerprint density at radius 1 is 1.26 bits per heavy atom. The van der Waals surface area contributed by atoms with Gasteiger partial charge in [-0.3, -0.25) is 9.98 Å². The van der Waals surface area contributed by atoms with Gasteiger partial charge in [0.2, 0.25) is 0 Å². The Kier molecular flexibility index (Phi) is 6.40. The molecule has 5 nitrogen and oxygen atoms in total. The summed E-state index contributed by atoms with van der Waals surface area (Å²) in [5, 5.41) is 3.44. The molecule has 0 spiro atoms. The van der Waals surface area contributed by atoms with Crippen LogP contribution in [0.1, 0.15) is 29.8 Å². The maximum atomic E-state index is 13.2. The number of guanidine groups is 1. The van der Waals surface area contributed by atoms with E-state index in [9.17, 15) is 4.39 Å². The van der Waals surface area contributed by atoms with E-state index in [0.29, 0.717) is 6.54 Å². The summed E-state index contributed by atoms with van der Waals surface area (Å²) in [6, 6.07) is 10.7. The minimum Gasteiger partial charge on any atom is -0.367 e. The molecule has 0 radical (unpaired) electrons. The fourth-order valence-corrected chi connectivity index (χ4v) is 3.28. The van der Waals surface area contributed by atoms with Gasteiger partial charge in [-0.25, -0.2) is 4.39 Å². The average molecular weight is 370 g/mol. The third-order valence-corrected chi connectivity index (χ3v) is 4.68. The quantitative estimate of drug-likeness (QED) is 0.664. The summed E-state index contributed by atoms with van der Waals surface area (Å²) in [6.45, 7) is 6.27. The number of aryl methyl sites for hydroxylation is 1. The van der Waals surface area contributed by atoms with Gasteiger partial charge < -0.3 is 15.0 Å². The number of aromatic nitrogens is 1. The van der Waals surface area contributed by atoms with Crippen molar-refractivity contribution >= 4 is 5.96 Å². The van der Waals surface area contributed by atoms with Crippen molar-refractivity contribution < 1.29 is 9.13 Å². The first-order valence-corrected chi connectivity index (χ1v) is 9.33. The van der Waals surface area contributed by atoms with Crippen LogP contribution in [0.3, 0.4) is 0 Å². The molecular weight excluding hydrogens is 343 g/mol. The summed E-state index contributed by atoms with van der Waals surface area (Å²) in [7, 11) is 1.79. The normalized spacial score (nSPS) is 20.6. The molecule has 3 rings (SSSR count). The van der Waals surface area contributed by atoms with E-state index in [4.69, 9.17) is 4.74 Å². The van der Waals surface area contributed by atoms with Crippen molar-refractivity contribution in [2.75, 3.05) is 26.7 Å². The van der Waals surface area contributed by atoms with Gasteiger partial charge in [0, 0.05) is 32.0 Å². The number of rotatable bonds is 4. The molecule has 0 aliphatic carbocycles. The molecule has 2 aromatic rings. The summed E-state index contributed by atoms with van der Waals surface area (Å²) in [4.78, 5) is 11.0. The van der Waals surface area contributed by atoms with E-state index in [1.807, 2.05) is 26.1 Å². The van der Waals surface area contributed by atoms with Gasteiger partial charge in [0.1, 0.15) is 11.9 Å². The molecule has 1 aliphatic heterocycles. The molecule has 1 aromatic heterocycles. The standard InChI is InChI=1S/C21H27FN4O/c1-15-4-5-17(12-25-15)10-11-24-21(23-3)26-13-16(2)27-20(14-26)18-6-8-19(22)9-7-18/h4-9,12,16,20H,10-11,13-14H2,1-3H3,(H,23,24). The lowest BCUT2D eigenvalue weighted by Gasteiger charge is -2.38. The van der Waals surface area contributed by atoms with E-state index in [-0.39, 0.29) is 18.0 Å². The molecule has 0 amide bonds. The van der Waals surface area contributed by atoms with Gasteiger partial charge in [0.25, 0.3) is 0 Å². The summed E-state index contributed by atoms with van der Waals surface area (Å²) in [5.41, 5.74) is 3.20. The van der Waals surface area contributed by atoms with Gasteiger partial charge in [-0.15, -0.1) is 0 Å². The fraction of sp³-hybridized carbons (Fsp3) is 0.429. The van der Waals surface area contributed by atoms with Crippen LogP contribution in [0, 0.1) is 12.7 Å². The van der Waals surface area contributed by atoms with Crippen LogP contribution >= 0.6 is 0 Å². The van der Waals surface area contributed by atoms with E-state index < -0.39 is 0 Å². The number of pyridine rings is 1. The highest BCUT2D eigenvalue weighted by Crippen LogP contribution is 2.25. The number of benzene rings is 1. The molecule has 1 aromatic carbocycles. The first-order valence-electron chi connectivity index (χ1n) is 9.33. The first kappa shape index (κ1) is 19.3. The molecule has 2 unspecified atom stereocenters. The zero-order valence-corrected chi connectivity index (χ0v) is 16.2. The molecule has 144 valence electrons. The van der Waals surface area contributed by atoms with Gasteiger partial charge in [-0.05, 0) is 49.6 Å². The maximum absolute atomic E-state index is 13.2. The number of aliphatic imine (C=N–C) groups is 1. The van der Waals surface area contributed by atoms with Crippen molar-refractivity contribution in [2.24, 2.45) is 4.99 Å². The first-order chi connectivity index (χ1) is 13.0. The fourth-order valence-electron chi connectivity index (χ4n) is 3.28. The highest BCUT2D eigenvalue weighted by Gasteiger charge is 2.28. The summed E-state index contributed by atoms with van der Waals surface area (Å²) in [5.74, 6) is 0.625. The molecule has 1 aliphatic rings. The van der Waals surface area contributed by atoms with E-state index in [0.717, 1.165) is 36.7 Å².